The van der Waals surface area contributed by atoms with Crippen molar-refractivity contribution in [3.63, 3.8) is 0 Å². The number of carboxylic acid groups (broad SMARTS) is 1. The molecule has 0 saturated carbocycles. The number of rotatable bonds is 4. The number of benzene rings is 1. The SMILES string of the molecule is O=C(O)CCC1CCN(C(=O)c2ccc3c(c2)COC3)C1. The predicted molar refractivity (Wildman–Crippen MR) is 75.8 cm³/mol. The zero-order valence-electron chi connectivity index (χ0n) is 11.9. The second-order valence-corrected chi connectivity index (χ2v) is 5.81. The minimum absolute atomic E-state index is 0.0440. The quantitative estimate of drug-likeness (QED) is 0.921. The van der Waals surface area contributed by atoms with E-state index < -0.39 is 5.97 Å². The van der Waals surface area contributed by atoms with Crippen molar-refractivity contribution in [1.29, 1.82) is 0 Å². The Bertz CT molecular complexity index is 569. The lowest BCUT2D eigenvalue weighted by Gasteiger charge is -2.17. The molecule has 3 rings (SSSR count). The number of fused-ring (bicyclic) bond motifs is 1. The largest absolute Gasteiger partial charge is 0.481 e. The van der Waals surface area contributed by atoms with Gasteiger partial charge in [0.1, 0.15) is 0 Å². The zero-order valence-corrected chi connectivity index (χ0v) is 11.9. The predicted octanol–water partition coefficient (Wildman–Crippen LogP) is 2.04. The Kier molecular flexibility index (Phi) is 3.92. The molecule has 1 amide bonds. The molecule has 1 atom stereocenters. The maximum absolute atomic E-state index is 12.5. The first-order valence-corrected chi connectivity index (χ1v) is 7.34. The third-order valence-electron chi connectivity index (χ3n) is 4.31. The van der Waals surface area contributed by atoms with Crippen LogP contribution in [0, 0.1) is 5.92 Å². The molecule has 1 N–H and O–H groups in total. The fourth-order valence-electron chi connectivity index (χ4n) is 3.07. The Morgan fingerprint density at radius 2 is 2.10 bits per heavy atom. The third-order valence-corrected chi connectivity index (χ3v) is 4.31. The Labute approximate surface area is 123 Å². The van der Waals surface area contributed by atoms with Crippen LogP contribution in [0.25, 0.3) is 0 Å². The Balaban J connectivity index is 1.62. The number of likely N-dealkylation sites (tertiary alicyclic amines) is 1. The number of carbonyl (C=O) groups is 2. The average molecular weight is 289 g/mol. The van der Waals surface area contributed by atoms with Crippen molar-refractivity contribution < 1.29 is 19.4 Å². The van der Waals surface area contributed by atoms with Crippen LogP contribution in [0.1, 0.15) is 40.7 Å². The van der Waals surface area contributed by atoms with Gasteiger partial charge in [0.25, 0.3) is 5.91 Å². The topological polar surface area (TPSA) is 66.8 Å². The van der Waals surface area contributed by atoms with Crippen LogP contribution < -0.4 is 0 Å². The van der Waals surface area contributed by atoms with E-state index in [0.29, 0.717) is 37.7 Å². The standard InChI is InChI=1S/C16H19NO4/c18-15(19)4-1-11-5-6-17(8-11)16(20)12-2-3-13-9-21-10-14(13)7-12/h2-3,7,11H,1,4-6,8-10H2,(H,18,19). The monoisotopic (exact) mass is 289 g/mol. The number of nitrogens with zero attached hydrogens (tertiary/aromatic N) is 1. The molecule has 2 aliphatic heterocycles. The van der Waals surface area contributed by atoms with E-state index in [1.165, 1.54) is 0 Å². The molecule has 1 unspecified atom stereocenters. The smallest absolute Gasteiger partial charge is 0.303 e. The van der Waals surface area contributed by atoms with Crippen LogP contribution in [-0.2, 0) is 22.7 Å². The Morgan fingerprint density at radius 3 is 2.90 bits per heavy atom. The molecule has 1 aromatic rings. The highest BCUT2D eigenvalue weighted by molar-refractivity contribution is 5.94. The number of hydrogen-bond donors (Lipinski definition) is 1. The summed E-state index contributed by atoms with van der Waals surface area (Å²) in [7, 11) is 0. The van der Waals surface area contributed by atoms with Gasteiger partial charge in [0.05, 0.1) is 13.2 Å². The molecule has 0 radical (unpaired) electrons. The maximum atomic E-state index is 12.5. The molecule has 2 aliphatic rings. The summed E-state index contributed by atoms with van der Waals surface area (Å²) in [4.78, 5) is 24.9. The Morgan fingerprint density at radius 1 is 1.29 bits per heavy atom. The first-order valence-electron chi connectivity index (χ1n) is 7.34. The minimum Gasteiger partial charge on any atom is -0.481 e. The normalized spacial score (nSPS) is 20.6. The summed E-state index contributed by atoms with van der Waals surface area (Å²) in [5.41, 5.74) is 2.97. The van der Waals surface area contributed by atoms with Crippen molar-refractivity contribution in [2.75, 3.05) is 13.1 Å². The molecule has 0 bridgehead atoms. The summed E-state index contributed by atoms with van der Waals surface area (Å²) in [6.45, 7) is 2.60. The van der Waals surface area contributed by atoms with Gasteiger partial charge >= 0.3 is 5.97 Å². The van der Waals surface area contributed by atoms with Gasteiger partial charge in [0.15, 0.2) is 0 Å². The van der Waals surface area contributed by atoms with Crippen molar-refractivity contribution >= 4 is 11.9 Å². The summed E-state index contributed by atoms with van der Waals surface area (Å²) in [6, 6.07) is 5.75. The van der Waals surface area contributed by atoms with Crippen molar-refractivity contribution in [3.8, 4) is 0 Å². The average Bonchev–Trinajstić information content (AvgIpc) is 3.12. The van der Waals surface area contributed by atoms with Gasteiger partial charge in [-0.3, -0.25) is 9.59 Å². The lowest BCUT2D eigenvalue weighted by Crippen LogP contribution is -2.28. The molecule has 0 aromatic heterocycles. The van der Waals surface area contributed by atoms with Gasteiger partial charge in [-0.25, -0.2) is 0 Å². The summed E-state index contributed by atoms with van der Waals surface area (Å²) in [6.07, 6.45) is 1.73. The van der Waals surface area contributed by atoms with Crippen molar-refractivity contribution in [2.24, 2.45) is 5.92 Å². The molecular formula is C16H19NO4. The number of aliphatic carboxylic acids is 1. The van der Waals surface area contributed by atoms with Crippen molar-refractivity contribution in [1.82, 2.24) is 4.90 Å². The van der Waals surface area contributed by atoms with E-state index in [1.54, 1.807) is 0 Å². The fraction of sp³-hybridized carbons (Fsp3) is 0.500. The number of amides is 1. The number of carboxylic acids is 1. The molecule has 5 nitrogen and oxygen atoms in total. The molecule has 21 heavy (non-hydrogen) atoms. The number of ether oxygens (including phenoxy) is 1. The van der Waals surface area contributed by atoms with E-state index >= 15 is 0 Å². The molecule has 1 fully saturated rings. The summed E-state index contributed by atoms with van der Waals surface area (Å²) in [5, 5.41) is 8.72. The highest BCUT2D eigenvalue weighted by Crippen LogP contribution is 2.25. The van der Waals surface area contributed by atoms with Crippen LogP contribution in [0.3, 0.4) is 0 Å². The Hall–Kier alpha value is -1.88. The van der Waals surface area contributed by atoms with Gasteiger partial charge in [-0.2, -0.15) is 0 Å². The third kappa shape index (κ3) is 3.08. The lowest BCUT2D eigenvalue weighted by atomic mass is 10.0. The second-order valence-electron chi connectivity index (χ2n) is 5.81. The van der Waals surface area contributed by atoms with Crippen molar-refractivity contribution in [2.45, 2.75) is 32.5 Å². The van der Waals surface area contributed by atoms with Gasteiger partial charge in [0, 0.05) is 25.1 Å². The molecule has 1 aromatic carbocycles. The van der Waals surface area contributed by atoms with E-state index in [4.69, 9.17) is 9.84 Å². The second kappa shape index (κ2) is 5.85. The first-order chi connectivity index (χ1) is 10.1. The van der Waals surface area contributed by atoms with Gasteiger partial charge < -0.3 is 14.7 Å². The molecule has 5 heteroatoms. The van der Waals surface area contributed by atoms with E-state index in [2.05, 4.69) is 0 Å². The number of carbonyl (C=O) groups excluding carboxylic acids is 1. The molecule has 112 valence electrons. The number of hydrogen-bond acceptors (Lipinski definition) is 3. The van der Waals surface area contributed by atoms with Crippen LogP contribution in [-0.4, -0.2) is 35.0 Å². The molecule has 1 saturated heterocycles. The molecular weight excluding hydrogens is 270 g/mol. The zero-order chi connectivity index (χ0) is 14.8. The van der Waals surface area contributed by atoms with Crippen LogP contribution >= 0.6 is 0 Å². The minimum atomic E-state index is -0.765. The van der Waals surface area contributed by atoms with Crippen LogP contribution in [0.15, 0.2) is 18.2 Å². The first kappa shape index (κ1) is 14.1. The highest BCUT2D eigenvalue weighted by atomic mass is 16.5. The maximum Gasteiger partial charge on any atom is 0.303 e. The summed E-state index contributed by atoms with van der Waals surface area (Å²) in [5.74, 6) is -0.413. The molecule has 0 spiro atoms. The van der Waals surface area contributed by atoms with E-state index in [-0.39, 0.29) is 12.3 Å². The van der Waals surface area contributed by atoms with Gasteiger partial charge in [-0.05, 0) is 42.0 Å². The highest BCUT2D eigenvalue weighted by Gasteiger charge is 2.27. The van der Waals surface area contributed by atoms with Crippen molar-refractivity contribution in [3.05, 3.63) is 34.9 Å². The van der Waals surface area contributed by atoms with Crippen LogP contribution in [0.4, 0.5) is 0 Å². The molecule has 2 heterocycles. The van der Waals surface area contributed by atoms with Gasteiger partial charge in [-0.15, -0.1) is 0 Å². The van der Waals surface area contributed by atoms with E-state index in [1.807, 2.05) is 23.1 Å². The van der Waals surface area contributed by atoms with Crippen LogP contribution in [0.5, 0.6) is 0 Å². The van der Waals surface area contributed by atoms with E-state index in [9.17, 15) is 9.59 Å². The summed E-state index contributed by atoms with van der Waals surface area (Å²) >= 11 is 0. The van der Waals surface area contributed by atoms with Gasteiger partial charge in [0.2, 0.25) is 0 Å². The fourth-order valence-corrected chi connectivity index (χ4v) is 3.07. The van der Waals surface area contributed by atoms with Gasteiger partial charge in [-0.1, -0.05) is 6.07 Å². The lowest BCUT2D eigenvalue weighted by molar-refractivity contribution is -0.137. The molecule has 0 aliphatic carbocycles. The summed E-state index contributed by atoms with van der Waals surface area (Å²) < 4.78 is 5.37. The van der Waals surface area contributed by atoms with E-state index in [0.717, 1.165) is 24.1 Å². The van der Waals surface area contributed by atoms with Crippen LogP contribution in [0.2, 0.25) is 0 Å².